The first-order chi connectivity index (χ1) is 24.5. The van der Waals surface area contributed by atoms with E-state index < -0.39 is 12.2 Å². The van der Waals surface area contributed by atoms with Gasteiger partial charge in [0.05, 0.1) is 0 Å². The molecule has 290 valence electrons. The Morgan fingerprint density at radius 2 is 0.800 bits per heavy atom. The normalized spacial score (nSPS) is 12.6. The second-order valence-electron chi connectivity index (χ2n) is 14.6. The molecule has 0 heterocycles. The number of carbonyl (C=O) groups is 2. The first-order valence-corrected chi connectivity index (χ1v) is 21.7. The summed E-state index contributed by atoms with van der Waals surface area (Å²) in [6, 6.07) is 0. The smallest absolute Gasteiger partial charge is 0.307 e. The summed E-state index contributed by atoms with van der Waals surface area (Å²) in [7, 11) is 0. The molecule has 0 spiro atoms. The molecule has 0 N–H and O–H groups in total. The van der Waals surface area contributed by atoms with E-state index in [0.717, 1.165) is 77.0 Å². The first-order valence-electron chi connectivity index (χ1n) is 21.7. The van der Waals surface area contributed by atoms with E-state index in [9.17, 15) is 9.59 Å². The standard InChI is InChI=1S/C46H82O4/c1-5-8-11-14-16-18-20-22-24-26-28-30-32-35-38-41-45(47)49-43(4)44(40-37-34-13-10-7-3)50-46(48)42-39-36-33-31-29-27-25-23-21-19-17-15-12-9-6-2/h22-25,43-44H,5-21,26-36,38-39,41-42H2,1-4H3/b24-22-,25-23-. The molecule has 50 heavy (non-hydrogen) atoms. The van der Waals surface area contributed by atoms with Gasteiger partial charge in [-0.25, -0.2) is 0 Å². The lowest BCUT2D eigenvalue weighted by molar-refractivity contribution is -0.162. The van der Waals surface area contributed by atoms with Crippen LogP contribution in [0.2, 0.25) is 0 Å². The largest absolute Gasteiger partial charge is 0.458 e. The monoisotopic (exact) mass is 699 g/mol. The van der Waals surface area contributed by atoms with Crippen molar-refractivity contribution in [2.24, 2.45) is 0 Å². The molecule has 0 saturated carbocycles. The van der Waals surface area contributed by atoms with Crippen LogP contribution in [0.4, 0.5) is 0 Å². The molecular weight excluding hydrogens is 617 g/mol. The maximum absolute atomic E-state index is 12.7. The molecule has 0 aliphatic carbocycles. The third kappa shape index (κ3) is 35.8. The van der Waals surface area contributed by atoms with Gasteiger partial charge in [0.1, 0.15) is 6.10 Å². The zero-order valence-corrected chi connectivity index (χ0v) is 33.7. The summed E-state index contributed by atoms with van der Waals surface area (Å²) >= 11 is 0. The van der Waals surface area contributed by atoms with Gasteiger partial charge in [-0.2, -0.15) is 0 Å². The van der Waals surface area contributed by atoms with Crippen LogP contribution >= 0.6 is 0 Å². The summed E-state index contributed by atoms with van der Waals surface area (Å²) < 4.78 is 11.5. The lowest BCUT2D eigenvalue weighted by Gasteiger charge is -2.20. The van der Waals surface area contributed by atoms with Crippen LogP contribution < -0.4 is 0 Å². The van der Waals surface area contributed by atoms with Crippen molar-refractivity contribution in [2.75, 3.05) is 0 Å². The van der Waals surface area contributed by atoms with Gasteiger partial charge >= 0.3 is 11.9 Å². The number of allylic oxidation sites excluding steroid dienone is 4. The lowest BCUT2D eigenvalue weighted by atomic mass is 10.1. The van der Waals surface area contributed by atoms with Gasteiger partial charge < -0.3 is 9.47 Å². The van der Waals surface area contributed by atoms with E-state index in [0.29, 0.717) is 12.8 Å². The number of unbranched alkanes of at least 4 members (excludes halogenated alkanes) is 25. The zero-order valence-electron chi connectivity index (χ0n) is 33.7. The van der Waals surface area contributed by atoms with Crippen LogP contribution in [0, 0.1) is 11.8 Å². The Morgan fingerprint density at radius 3 is 1.22 bits per heavy atom. The van der Waals surface area contributed by atoms with Gasteiger partial charge in [-0.3, -0.25) is 9.59 Å². The quantitative estimate of drug-likeness (QED) is 0.0283. The predicted molar refractivity (Wildman–Crippen MR) is 216 cm³/mol. The van der Waals surface area contributed by atoms with Gasteiger partial charge in [-0.1, -0.05) is 172 Å². The van der Waals surface area contributed by atoms with Gasteiger partial charge in [-0.15, -0.1) is 0 Å². The molecule has 0 aromatic carbocycles. The van der Waals surface area contributed by atoms with Crippen molar-refractivity contribution in [1.29, 1.82) is 0 Å². The minimum Gasteiger partial charge on any atom is -0.458 e. The molecule has 0 aliphatic heterocycles. The highest BCUT2D eigenvalue weighted by Crippen LogP contribution is 2.14. The van der Waals surface area contributed by atoms with Crippen molar-refractivity contribution >= 4 is 11.9 Å². The fourth-order valence-corrected chi connectivity index (χ4v) is 6.09. The van der Waals surface area contributed by atoms with Crippen LogP contribution in [0.1, 0.15) is 233 Å². The summed E-state index contributed by atoms with van der Waals surface area (Å²) in [5.41, 5.74) is 0. The van der Waals surface area contributed by atoms with Crippen LogP contribution in [-0.2, 0) is 19.1 Å². The Labute approximate surface area is 311 Å². The Hall–Kier alpha value is -2.02. The molecule has 2 unspecified atom stereocenters. The summed E-state index contributed by atoms with van der Waals surface area (Å²) in [4.78, 5) is 25.3. The van der Waals surface area contributed by atoms with Crippen molar-refractivity contribution in [3.63, 3.8) is 0 Å². The van der Waals surface area contributed by atoms with E-state index in [1.54, 1.807) is 6.92 Å². The van der Waals surface area contributed by atoms with Crippen LogP contribution in [0.15, 0.2) is 24.3 Å². The van der Waals surface area contributed by atoms with E-state index in [-0.39, 0.29) is 11.9 Å². The fourth-order valence-electron chi connectivity index (χ4n) is 6.09. The minimum atomic E-state index is -0.703. The molecule has 4 nitrogen and oxygen atoms in total. The second kappa shape index (κ2) is 39.8. The van der Waals surface area contributed by atoms with E-state index in [4.69, 9.17) is 9.47 Å². The lowest BCUT2D eigenvalue weighted by Crippen LogP contribution is -2.32. The average molecular weight is 699 g/mol. The summed E-state index contributed by atoms with van der Waals surface area (Å²) in [5, 5.41) is 0. The number of carbonyl (C=O) groups excluding carboxylic acids is 2. The van der Waals surface area contributed by atoms with Gasteiger partial charge in [0, 0.05) is 19.3 Å². The highest BCUT2D eigenvalue weighted by Gasteiger charge is 2.23. The highest BCUT2D eigenvalue weighted by molar-refractivity contribution is 5.71. The van der Waals surface area contributed by atoms with Crippen LogP contribution in [-0.4, -0.2) is 24.1 Å². The third-order valence-corrected chi connectivity index (χ3v) is 9.44. The van der Waals surface area contributed by atoms with Crippen molar-refractivity contribution in [3.8, 4) is 11.8 Å². The fraction of sp³-hybridized carbons (Fsp3) is 0.826. The number of rotatable bonds is 36. The van der Waals surface area contributed by atoms with Crippen LogP contribution in [0.5, 0.6) is 0 Å². The molecule has 0 aliphatic rings. The number of ether oxygens (including phenoxy) is 2. The van der Waals surface area contributed by atoms with Gasteiger partial charge in [0.2, 0.25) is 0 Å². The summed E-state index contributed by atoms with van der Waals surface area (Å²) in [6.45, 7) is 8.51. The molecule has 0 saturated heterocycles. The Morgan fingerprint density at radius 1 is 0.460 bits per heavy atom. The van der Waals surface area contributed by atoms with E-state index in [1.807, 2.05) is 0 Å². The molecule has 0 radical (unpaired) electrons. The topological polar surface area (TPSA) is 52.6 Å². The molecule has 4 heteroatoms. The number of esters is 2. The second-order valence-corrected chi connectivity index (χ2v) is 14.6. The molecule has 0 aromatic heterocycles. The van der Waals surface area contributed by atoms with Crippen molar-refractivity contribution in [3.05, 3.63) is 24.3 Å². The molecule has 0 amide bonds. The highest BCUT2D eigenvalue weighted by atomic mass is 16.6. The Bertz CT molecular complexity index is 863. The molecule has 0 fully saturated rings. The third-order valence-electron chi connectivity index (χ3n) is 9.44. The van der Waals surface area contributed by atoms with Crippen LogP contribution in [0.3, 0.4) is 0 Å². The maximum atomic E-state index is 12.7. The minimum absolute atomic E-state index is 0.221. The number of hydrogen-bond donors (Lipinski definition) is 0. The van der Waals surface area contributed by atoms with E-state index in [1.165, 1.54) is 116 Å². The summed E-state index contributed by atoms with van der Waals surface area (Å²) in [6.07, 6.45) is 44.9. The molecule has 2 atom stereocenters. The van der Waals surface area contributed by atoms with Gasteiger partial charge in [0.15, 0.2) is 6.10 Å². The molecule has 0 rings (SSSR count). The van der Waals surface area contributed by atoms with Crippen molar-refractivity contribution in [1.82, 2.24) is 0 Å². The average Bonchev–Trinajstić information content (AvgIpc) is 3.10. The van der Waals surface area contributed by atoms with E-state index in [2.05, 4.69) is 56.9 Å². The Balaban J connectivity index is 4.17. The number of hydrogen-bond acceptors (Lipinski definition) is 4. The molecule has 0 bridgehead atoms. The Kier molecular flexibility index (Phi) is 38.2. The van der Waals surface area contributed by atoms with Crippen molar-refractivity contribution in [2.45, 2.75) is 245 Å². The molecular formula is C46H82O4. The van der Waals surface area contributed by atoms with Crippen molar-refractivity contribution < 1.29 is 19.1 Å². The van der Waals surface area contributed by atoms with Gasteiger partial charge in [-0.05, 0) is 77.6 Å². The maximum Gasteiger partial charge on any atom is 0.307 e. The van der Waals surface area contributed by atoms with Crippen LogP contribution in [0.25, 0.3) is 0 Å². The van der Waals surface area contributed by atoms with E-state index >= 15 is 0 Å². The zero-order chi connectivity index (χ0) is 36.6. The summed E-state index contributed by atoms with van der Waals surface area (Å²) in [5.74, 6) is 5.82. The first kappa shape index (κ1) is 48.0. The SMILES string of the molecule is CCCCCC#CC(OC(=O)CCCCCCC/C=C\CCCCCCCC)C(C)OC(=O)CCCCCCC/C=C\CCCCCCCC. The molecule has 0 aromatic rings. The predicted octanol–water partition coefficient (Wildman–Crippen LogP) is 14.5. The van der Waals surface area contributed by atoms with Gasteiger partial charge in [0.25, 0.3) is 0 Å².